The molecule has 2 aromatic heterocycles. The predicted molar refractivity (Wildman–Crippen MR) is 125 cm³/mol. The SMILES string of the molecule is CCNC(=NCC(C)(C)c1cccs1)NC1CCc2nc(COC)nn2C1.I. The molecule has 7 nitrogen and oxygen atoms in total. The number of aryl methyl sites for hydroxylation is 1. The Hall–Kier alpha value is -1.20. The second-order valence-electron chi connectivity index (χ2n) is 7.50. The summed E-state index contributed by atoms with van der Waals surface area (Å²) in [7, 11) is 1.67. The van der Waals surface area contributed by atoms with E-state index >= 15 is 0 Å². The lowest BCUT2D eigenvalue weighted by molar-refractivity contribution is 0.177. The summed E-state index contributed by atoms with van der Waals surface area (Å²) in [6.07, 6.45) is 1.93. The fourth-order valence-electron chi connectivity index (χ4n) is 3.20. The fraction of sp³-hybridized carbons (Fsp3) is 0.632. The van der Waals surface area contributed by atoms with Gasteiger partial charge in [0.15, 0.2) is 11.8 Å². The van der Waals surface area contributed by atoms with Crippen molar-refractivity contribution in [3.8, 4) is 0 Å². The molecule has 0 bridgehead atoms. The van der Waals surface area contributed by atoms with Gasteiger partial charge < -0.3 is 15.4 Å². The molecule has 3 rings (SSSR count). The highest BCUT2D eigenvalue weighted by atomic mass is 127. The Balaban J connectivity index is 0.00000280. The van der Waals surface area contributed by atoms with Crippen LogP contribution in [0.15, 0.2) is 22.5 Å². The molecule has 2 aromatic rings. The molecule has 0 saturated heterocycles. The van der Waals surface area contributed by atoms with Gasteiger partial charge in [-0.2, -0.15) is 5.10 Å². The van der Waals surface area contributed by atoms with Crippen molar-refractivity contribution >= 4 is 41.3 Å². The summed E-state index contributed by atoms with van der Waals surface area (Å²) in [6.45, 7) is 9.41. The Labute approximate surface area is 188 Å². The number of ether oxygens (including phenoxy) is 1. The molecule has 156 valence electrons. The van der Waals surface area contributed by atoms with Crippen molar-refractivity contribution in [3.63, 3.8) is 0 Å². The van der Waals surface area contributed by atoms with E-state index in [9.17, 15) is 0 Å². The van der Waals surface area contributed by atoms with Crippen LogP contribution in [0.1, 0.15) is 43.7 Å². The van der Waals surface area contributed by atoms with Crippen LogP contribution in [0.3, 0.4) is 0 Å². The van der Waals surface area contributed by atoms with Crippen molar-refractivity contribution in [2.45, 2.75) is 58.2 Å². The van der Waals surface area contributed by atoms with Gasteiger partial charge >= 0.3 is 0 Å². The molecule has 0 amide bonds. The molecule has 0 fully saturated rings. The van der Waals surface area contributed by atoms with Crippen LogP contribution in [0, 0.1) is 0 Å². The summed E-state index contributed by atoms with van der Waals surface area (Å²) in [6, 6.07) is 4.58. The minimum absolute atomic E-state index is 0. The van der Waals surface area contributed by atoms with Crippen LogP contribution < -0.4 is 10.6 Å². The van der Waals surface area contributed by atoms with Crippen molar-refractivity contribution in [2.75, 3.05) is 20.2 Å². The Morgan fingerprint density at radius 3 is 2.96 bits per heavy atom. The summed E-state index contributed by atoms with van der Waals surface area (Å²) in [5.41, 5.74) is 0.0250. The van der Waals surface area contributed by atoms with Crippen LogP contribution in [-0.4, -0.2) is 47.0 Å². The summed E-state index contributed by atoms with van der Waals surface area (Å²) < 4.78 is 7.14. The highest BCUT2D eigenvalue weighted by Gasteiger charge is 2.24. The van der Waals surface area contributed by atoms with Crippen LogP contribution in [0.2, 0.25) is 0 Å². The maximum absolute atomic E-state index is 5.14. The molecule has 1 unspecified atom stereocenters. The van der Waals surface area contributed by atoms with Crippen molar-refractivity contribution < 1.29 is 4.74 Å². The third-order valence-corrected chi connectivity index (χ3v) is 5.92. The first kappa shape index (κ1) is 23.1. The Morgan fingerprint density at radius 1 is 1.46 bits per heavy atom. The lowest BCUT2D eigenvalue weighted by atomic mass is 9.92. The summed E-state index contributed by atoms with van der Waals surface area (Å²) in [4.78, 5) is 10.8. The van der Waals surface area contributed by atoms with Gasteiger partial charge in [0.2, 0.25) is 0 Å². The summed E-state index contributed by atoms with van der Waals surface area (Å²) in [5, 5.41) is 13.6. The van der Waals surface area contributed by atoms with Crippen molar-refractivity contribution in [1.29, 1.82) is 0 Å². The van der Waals surface area contributed by atoms with E-state index in [1.165, 1.54) is 4.88 Å². The Morgan fingerprint density at radius 2 is 2.29 bits per heavy atom. The number of guanidine groups is 1. The first-order chi connectivity index (χ1) is 13.0. The molecule has 3 heterocycles. The molecular weight excluding hydrogens is 487 g/mol. The molecule has 2 N–H and O–H groups in total. The molecule has 1 aliphatic rings. The van der Waals surface area contributed by atoms with Gasteiger partial charge in [0.05, 0.1) is 13.1 Å². The van der Waals surface area contributed by atoms with Gasteiger partial charge in [-0.3, -0.25) is 4.99 Å². The standard InChI is InChI=1S/C19H30N6OS.HI/c1-5-20-18(21-13-19(2,3)15-7-6-10-27-15)22-14-8-9-17-23-16(12-26-4)24-25(17)11-14;/h6-7,10,14H,5,8-9,11-13H2,1-4H3,(H2,20,21,22);1H. The second kappa shape index (κ2) is 10.5. The number of hydrogen-bond donors (Lipinski definition) is 2. The van der Waals surface area contributed by atoms with Crippen LogP contribution in [0.4, 0.5) is 0 Å². The molecule has 1 aliphatic heterocycles. The topological polar surface area (TPSA) is 76.4 Å². The zero-order valence-electron chi connectivity index (χ0n) is 17.1. The van der Waals surface area contributed by atoms with E-state index < -0.39 is 0 Å². The normalized spacial score (nSPS) is 17.0. The molecule has 0 saturated carbocycles. The quantitative estimate of drug-likeness (QED) is 0.335. The number of aliphatic imine (C=N–C) groups is 1. The highest BCUT2D eigenvalue weighted by Crippen LogP contribution is 2.27. The minimum Gasteiger partial charge on any atom is -0.377 e. The minimum atomic E-state index is 0. The molecule has 9 heteroatoms. The van der Waals surface area contributed by atoms with Gasteiger partial charge in [0.1, 0.15) is 12.4 Å². The number of aromatic nitrogens is 3. The number of thiophene rings is 1. The molecule has 0 aliphatic carbocycles. The second-order valence-corrected chi connectivity index (χ2v) is 8.44. The third-order valence-electron chi connectivity index (χ3n) is 4.68. The number of fused-ring (bicyclic) bond motifs is 1. The van der Waals surface area contributed by atoms with E-state index in [2.05, 4.69) is 59.0 Å². The molecule has 0 aromatic carbocycles. The maximum Gasteiger partial charge on any atom is 0.191 e. The monoisotopic (exact) mass is 518 g/mol. The summed E-state index contributed by atoms with van der Waals surface area (Å²) in [5.74, 6) is 2.67. The first-order valence-corrected chi connectivity index (χ1v) is 10.4. The number of nitrogens with zero attached hydrogens (tertiary/aromatic N) is 4. The van der Waals surface area contributed by atoms with Crippen molar-refractivity contribution in [1.82, 2.24) is 25.4 Å². The van der Waals surface area contributed by atoms with E-state index in [1.54, 1.807) is 18.4 Å². The van der Waals surface area contributed by atoms with Gasteiger partial charge in [0, 0.05) is 36.4 Å². The maximum atomic E-state index is 5.14. The average molecular weight is 518 g/mol. The van der Waals surface area contributed by atoms with Crippen LogP contribution >= 0.6 is 35.3 Å². The number of halogens is 1. The van der Waals surface area contributed by atoms with Crippen LogP contribution in [-0.2, 0) is 29.7 Å². The van der Waals surface area contributed by atoms with E-state index in [-0.39, 0.29) is 35.4 Å². The molecule has 1 atom stereocenters. The van der Waals surface area contributed by atoms with E-state index in [0.29, 0.717) is 6.61 Å². The van der Waals surface area contributed by atoms with Gasteiger partial charge in [0.25, 0.3) is 0 Å². The van der Waals surface area contributed by atoms with Gasteiger partial charge in [-0.05, 0) is 24.8 Å². The van der Waals surface area contributed by atoms with Gasteiger partial charge in [-0.1, -0.05) is 19.9 Å². The van der Waals surface area contributed by atoms with Crippen molar-refractivity contribution in [3.05, 3.63) is 34.0 Å². The van der Waals surface area contributed by atoms with Crippen LogP contribution in [0.5, 0.6) is 0 Å². The largest absolute Gasteiger partial charge is 0.377 e. The van der Waals surface area contributed by atoms with E-state index in [4.69, 9.17) is 9.73 Å². The highest BCUT2D eigenvalue weighted by molar-refractivity contribution is 14.0. The lowest BCUT2D eigenvalue weighted by Crippen LogP contribution is -2.47. The summed E-state index contributed by atoms with van der Waals surface area (Å²) >= 11 is 1.79. The Kier molecular flexibility index (Phi) is 8.69. The average Bonchev–Trinajstić information content (AvgIpc) is 3.30. The number of nitrogens with one attached hydrogen (secondary N) is 2. The smallest absolute Gasteiger partial charge is 0.191 e. The van der Waals surface area contributed by atoms with Crippen LogP contribution in [0.25, 0.3) is 0 Å². The van der Waals surface area contributed by atoms with E-state index in [0.717, 1.165) is 50.1 Å². The number of hydrogen-bond acceptors (Lipinski definition) is 5. The van der Waals surface area contributed by atoms with Gasteiger partial charge in [-0.25, -0.2) is 9.67 Å². The van der Waals surface area contributed by atoms with E-state index in [1.807, 2.05) is 4.68 Å². The molecule has 28 heavy (non-hydrogen) atoms. The zero-order valence-corrected chi connectivity index (χ0v) is 20.2. The zero-order chi connectivity index (χ0) is 19.3. The fourth-order valence-corrected chi connectivity index (χ4v) is 4.04. The van der Waals surface area contributed by atoms with Crippen molar-refractivity contribution in [2.24, 2.45) is 4.99 Å². The lowest BCUT2D eigenvalue weighted by Gasteiger charge is -2.26. The molecular formula is C19H31IN6OS. The number of rotatable bonds is 7. The molecule has 0 spiro atoms. The first-order valence-electron chi connectivity index (χ1n) is 9.52. The number of methoxy groups -OCH3 is 1. The molecule has 0 radical (unpaired) electrons. The van der Waals surface area contributed by atoms with Gasteiger partial charge in [-0.15, -0.1) is 35.3 Å². The predicted octanol–water partition coefficient (Wildman–Crippen LogP) is 2.95. The third kappa shape index (κ3) is 5.90. The Bertz CT molecular complexity index is 759.